The minimum absolute atomic E-state index is 0.0588. The number of piperidine rings is 1. The van der Waals surface area contributed by atoms with Crippen molar-refractivity contribution in [1.82, 2.24) is 9.88 Å². The van der Waals surface area contributed by atoms with Gasteiger partial charge in [-0.25, -0.2) is 17.6 Å². The quantitative estimate of drug-likeness (QED) is 0.254. The molecule has 0 bridgehead atoms. The molecule has 0 saturated carbocycles. The number of rotatable bonds is 12. The number of nitrogens with one attached hydrogen (secondary N) is 1. The molecule has 1 unspecified atom stereocenters. The monoisotopic (exact) mass is 547 g/mol. The molecule has 210 valence electrons. The summed E-state index contributed by atoms with van der Waals surface area (Å²) in [6.45, 7) is 1.45. The first-order chi connectivity index (χ1) is 18.7. The fourth-order valence-electron chi connectivity index (χ4n) is 5.52. The maximum atomic E-state index is 15.8. The molecule has 1 fully saturated rings. The van der Waals surface area contributed by atoms with Gasteiger partial charge in [-0.1, -0.05) is 0 Å². The van der Waals surface area contributed by atoms with E-state index in [1.807, 2.05) is 0 Å². The molecule has 1 aliphatic rings. The number of pyridine rings is 1. The molecule has 2 heterocycles. The lowest BCUT2D eigenvalue weighted by Crippen LogP contribution is -2.43. The lowest BCUT2D eigenvalue weighted by atomic mass is 9.71. The summed E-state index contributed by atoms with van der Waals surface area (Å²) in [6.07, 6.45) is 1.33. The molecule has 0 aliphatic carbocycles. The van der Waals surface area contributed by atoms with Crippen molar-refractivity contribution < 1.29 is 32.2 Å². The summed E-state index contributed by atoms with van der Waals surface area (Å²) in [7, 11) is 1.50. The number of nitrogens with zero attached hydrogens (tertiary/aromatic N) is 2. The number of benzene rings is 2. The van der Waals surface area contributed by atoms with Gasteiger partial charge >= 0.3 is 5.97 Å². The molecule has 0 amide bonds. The summed E-state index contributed by atoms with van der Waals surface area (Å²) in [6, 6.07) is 8.33. The van der Waals surface area contributed by atoms with Crippen molar-refractivity contribution in [3.05, 3.63) is 65.4 Å². The molecule has 39 heavy (non-hydrogen) atoms. The number of ether oxygens (including phenoxy) is 1. The van der Waals surface area contributed by atoms with Gasteiger partial charge in [0.15, 0.2) is 0 Å². The smallest absolute Gasteiger partial charge is 0.303 e. The van der Waals surface area contributed by atoms with Gasteiger partial charge < -0.3 is 20.1 Å². The number of aliphatic carboxylic acids is 1. The molecular formula is C29H33F4N3O3. The maximum Gasteiger partial charge on any atom is 0.303 e. The van der Waals surface area contributed by atoms with Crippen molar-refractivity contribution in [2.24, 2.45) is 5.41 Å². The molecule has 4 rings (SSSR count). The number of anilines is 1. The Bertz CT molecular complexity index is 1270. The highest BCUT2D eigenvalue weighted by Gasteiger charge is 2.37. The number of hydrogen-bond acceptors (Lipinski definition) is 5. The van der Waals surface area contributed by atoms with E-state index in [2.05, 4.69) is 15.2 Å². The zero-order valence-corrected chi connectivity index (χ0v) is 21.9. The Balaban J connectivity index is 1.40. The van der Waals surface area contributed by atoms with E-state index in [-0.39, 0.29) is 24.0 Å². The van der Waals surface area contributed by atoms with Gasteiger partial charge in [-0.2, -0.15) is 0 Å². The van der Waals surface area contributed by atoms with Gasteiger partial charge in [-0.3, -0.25) is 9.78 Å². The van der Waals surface area contributed by atoms with Crippen LogP contribution in [0.4, 0.5) is 23.2 Å². The van der Waals surface area contributed by atoms with Crippen LogP contribution in [0.5, 0.6) is 5.75 Å². The van der Waals surface area contributed by atoms with E-state index in [9.17, 15) is 23.1 Å². The third-order valence-electron chi connectivity index (χ3n) is 7.65. The van der Waals surface area contributed by atoms with Gasteiger partial charge in [-0.05, 0) is 74.5 Å². The SMILES string of the molecule is COc1ccc2ncc(CF)c(C(F)CCC3(CC(=O)O)CCN(CCNc4cc(F)cc(F)c4)CC3)c2c1. The molecule has 2 aromatic carbocycles. The molecule has 1 atom stereocenters. The van der Waals surface area contributed by atoms with Gasteiger partial charge in [0.05, 0.1) is 19.0 Å². The van der Waals surface area contributed by atoms with Crippen molar-refractivity contribution in [1.29, 1.82) is 0 Å². The van der Waals surface area contributed by atoms with Crippen LogP contribution < -0.4 is 10.1 Å². The van der Waals surface area contributed by atoms with Gasteiger partial charge in [0.2, 0.25) is 0 Å². The zero-order chi connectivity index (χ0) is 28.0. The number of methoxy groups -OCH3 is 1. The number of aromatic nitrogens is 1. The number of fused-ring (bicyclic) bond motifs is 1. The third-order valence-corrected chi connectivity index (χ3v) is 7.65. The van der Waals surface area contributed by atoms with Crippen LogP contribution in [0.25, 0.3) is 10.9 Å². The Morgan fingerprint density at radius 2 is 1.90 bits per heavy atom. The second-order valence-corrected chi connectivity index (χ2v) is 10.2. The molecule has 1 aliphatic heterocycles. The first kappa shape index (κ1) is 28.6. The Labute approximate surface area is 225 Å². The fraction of sp³-hybridized carbons (Fsp3) is 0.448. The van der Waals surface area contributed by atoms with E-state index in [1.165, 1.54) is 25.4 Å². The number of hydrogen-bond donors (Lipinski definition) is 2. The second kappa shape index (κ2) is 12.6. The Hall–Kier alpha value is -3.40. The number of carboxylic acid groups (broad SMARTS) is 1. The Morgan fingerprint density at radius 3 is 2.54 bits per heavy atom. The summed E-state index contributed by atoms with van der Waals surface area (Å²) in [4.78, 5) is 18.1. The normalized spacial score (nSPS) is 16.2. The number of alkyl halides is 2. The topological polar surface area (TPSA) is 74.7 Å². The van der Waals surface area contributed by atoms with Crippen LogP contribution in [-0.2, 0) is 11.5 Å². The van der Waals surface area contributed by atoms with Gasteiger partial charge in [0.25, 0.3) is 0 Å². The molecule has 0 spiro atoms. The number of carboxylic acids is 1. The predicted molar refractivity (Wildman–Crippen MR) is 141 cm³/mol. The lowest BCUT2D eigenvalue weighted by molar-refractivity contribution is -0.141. The van der Waals surface area contributed by atoms with Crippen molar-refractivity contribution in [3.63, 3.8) is 0 Å². The zero-order valence-electron chi connectivity index (χ0n) is 21.9. The van der Waals surface area contributed by atoms with Crippen LogP contribution in [0.3, 0.4) is 0 Å². The van der Waals surface area contributed by atoms with E-state index in [0.717, 1.165) is 6.07 Å². The summed E-state index contributed by atoms with van der Waals surface area (Å²) < 4.78 is 61.7. The standard InChI is InChI=1S/C29H33F4N3O3/c1-39-23-2-3-26-24(15-23)28(19(17-30)18-35-26)25(33)4-5-29(16-27(37)38)6-9-36(10-7-29)11-8-34-22-13-20(31)12-21(32)14-22/h2-3,12-15,18,25,34H,4-11,16-17H2,1H3,(H,37,38). The first-order valence-corrected chi connectivity index (χ1v) is 13.0. The van der Waals surface area contributed by atoms with Gasteiger partial charge in [0, 0.05) is 47.6 Å². The molecule has 2 N–H and O–H groups in total. The van der Waals surface area contributed by atoms with E-state index in [1.54, 1.807) is 18.2 Å². The third kappa shape index (κ3) is 7.17. The summed E-state index contributed by atoms with van der Waals surface area (Å²) in [5, 5.41) is 13.1. The number of carbonyl (C=O) groups is 1. The average molecular weight is 548 g/mol. The van der Waals surface area contributed by atoms with E-state index in [4.69, 9.17) is 4.74 Å². The van der Waals surface area contributed by atoms with Gasteiger partial charge in [0.1, 0.15) is 30.2 Å². The van der Waals surface area contributed by atoms with Crippen molar-refractivity contribution in [2.75, 3.05) is 38.6 Å². The predicted octanol–water partition coefficient (Wildman–Crippen LogP) is 6.45. The minimum Gasteiger partial charge on any atom is -0.497 e. The molecular weight excluding hydrogens is 514 g/mol. The van der Waals surface area contributed by atoms with E-state index < -0.39 is 35.9 Å². The van der Waals surface area contributed by atoms with Crippen LogP contribution in [0, 0.1) is 17.0 Å². The fourth-order valence-corrected chi connectivity index (χ4v) is 5.52. The summed E-state index contributed by atoms with van der Waals surface area (Å²) in [5.41, 5.74) is 0.726. The number of halogens is 4. The summed E-state index contributed by atoms with van der Waals surface area (Å²) in [5.74, 6) is -1.73. The molecule has 10 heteroatoms. The average Bonchev–Trinajstić information content (AvgIpc) is 2.91. The highest BCUT2D eigenvalue weighted by atomic mass is 19.1. The van der Waals surface area contributed by atoms with E-state index >= 15 is 4.39 Å². The van der Waals surface area contributed by atoms with Crippen molar-refractivity contribution >= 4 is 22.6 Å². The van der Waals surface area contributed by atoms with E-state index in [0.29, 0.717) is 67.8 Å². The van der Waals surface area contributed by atoms with Crippen LogP contribution in [0.2, 0.25) is 0 Å². The van der Waals surface area contributed by atoms with Crippen molar-refractivity contribution in [2.45, 2.75) is 45.0 Å². The molecule has 1 aromatic heterocycles. The highest BCUT2D eigenvalue weighted by molar-refractivity contribution is 5.85. The molecule has 6 nitrogen and oxygen atoms in total. The maximum absolute atomic E-state index is 15.8. The summed E-state index contributed by atoms with van der Waals surface area (Å²) >= 11 is 0. The first-order valence-electron chi connectivity index (χ1n) is 13.0. The minimum atomic E-state index is -1.49. The molecule has 3 aromatic rings. The van der Waals surface area contributed by atoms with Crippen LogP contribution in [0.15, 0.2) is 42.6 Å². The van der Waals surface area contributed by atoms with Crippen molar-refractivity contribution in [3.8, 4) is 5.75 Å². The Morgan fingerprint density at radius 1 is 1.18 bits per heavy atom. The van der Waals surface area contributed by atoms with Gasteiger partial charge in [-0.15, -0.1) is 0 Å². The van der Waals surface area contributed by atoms with Crippen LogP contribution in [0.1, 0.15) is 49.4 Å². The van der Waals surface area contributed by atoms with Crippen LogP contribution >= 0.6 is 0 Å². The molecule has 1 saturated heterocycles. The Kier molecular flexibility index (Phi) is 9.27. The lowest BCUT2D eigenvalue weighted by Gasteiger charge is -2.41. The highest BCUT2D eigenvalue weighted by Crippen LogP contribution is 2.43. The molecule has 0 radical (unpaired) electrons. The number of likely N-dealkylation sites (tertiary alicyclic amines) is 1. The second-order valence-electron chi connectivity index (χ2n) is 10.2. The largest absolute Gasteiger partial charge is 0.497 e. The van der Waals surface area contributed by atoms with Crippen LogP contribution in [-0.4, -0.2) is 54.2 Å².